The van der Waals surface area contributed by atoms with E-state index in [4.69, 9.17) is 20.6 Å². The summed E-state index contributed by atoms with van der Waals surface area (Å²) in [6.07, 6.45) is 0. The maximum atomic E-state index is 5.66. The van der Waals surface area contributed by atoms with Gasteiger partial charge in [0, 0.05) is 18.8 Å². The minimum atomic E-state index is -0.662. The van der Waals surface area contributed by atoms with Crippen molar-refractivity contribution in [3.05, 3.63) is 24.3 Å². The first-order valence-corrected chi connectivity index (χ1v) is 6.41. The van der Waals surface area contributed by atoms with Gasteiger partial charge < -0.3 is 20.6 Å². The lowest BCUT2D eigenvalue weighted by molar-refractivity contribution is 0.252. The maximum Gasteiger partial charge on any atom is 0.204 e. The Balaban J connectivity index is 2.31. The first-order valence-electron chi connectivity index (χ1n) is 5.02. The van der Waals surface area contributed by atoms with Crippen LogP contribution in [0.15, 0.2) is 24.3 Å². The predicted molar refractivity (Wildman–Crippen MR) is 64.5 cm³/mol. The lowest BCUT2D eigenvalue weighted by Gasteiger charge is -2.14. The Labute approximate surface area is 92.5 Å². The molecule has 4 nitrogen and oxygen atoms in total. The fourth-order valence-electron chi connectivity index (χ4n) is 1.15. The maximum absolute atomic E-state index is 5.66. The van der Waals surface area contributed by atoms with E-state index in [1.807, 2.05) is 31.2 Å². The number of hydrogen-bond acceptors (Lipinski definition) is 4. The van der Waals surface area contributed by atoms with Crippen LogP contribution in [0.3, 0.4) is 0 Å². The highest BCUT2D eigenvalue weighted by atomic mass is 28.2. The van der Waals surface area contributed by atoms with E-state index < -0.39 is 9.76 Å². The minimum absolute atomic E-state index is 0.153. The zero-order chi connectivity index (χ0) is 11.1. The first kappa shape index (κ1) is 12.0. The largest absolute Gasteiger partial charge is 0.492 e. The molecule has 15 heavy (non-hydrogen) atoms. The topological polar surface area (TPSA) is 70.5 Å². The minimum Gasteiger partial charge on any atom is -0.492 e. The zero-order valence-corrected chi connectivity index (χ0v) is 10.4. The van der Waals surface area contributed by atoms with Crippen molar-refractivity contribution in [1.29, 1.82) is 0 Å². The van der Waals surface area contributed by atoms with E-state index in [-0.39, 0.29) is 5.73 Å². The van der Waals surface area contributed by atoms with Crippen molar-refractivity contribution in [3.63, 3.8) is 0 Å². The van der Waals surface area contributed by atoms with E-state index in [0.717, 1.165) is 11.4 Å². The SMILES string of the molecule is CC(Oc1ccc(N)cc1)[SiH2]OCCN. The molecule has 0 saturated carbocycles. The summed E-state index contributed by atoms with van der Waals surface area (Å²) in [4.78, 5) is 0. The van der Waals surface area contributed by atoms with Crippen molar-refractivity contribution in [2.75, 3.05) is 18.9 Å². The summed E-state index contributed by atoms with van der Waals surface area (Å²) in [6, 6.07) is 7.38. The van der Waals surface area contributed by atoms with Gasteiger partial charge in [0.2, 0.25) is 9.76 Å². The third-order valence-corrected chi connectivity index (χ3v) is 2.99. The molecule has 0 heterocycles. The quantitative estimate of drug-likeness (QED) is 0.408. The molecule has 0 saturated heterocycles. The Morgan fingerprint density at radius 1 is 1.33 bits per heavy atom. The third-order valence-electron chi connectivity index (χ3n) is 1.83. The first-order chi connectivity index (χ1) is 7.22. The molecule has 1 aromatic carbocycles. The van der Waals surface area contributed by atoms with E-state index in [9.17, 15) is 0 Å². The molecule has 84 valence electrons. The molecule has 0 aliphatic carbocycles. The van der Waals surface area contributed by atoms with Gasteiger partial charge in [-0.1, -0.05) is 0 Å². The van der Waals surface area contributed by atoms with Gasteiger partial charge in [-0.2, -0.15) is 0 Å². The number of hydrogen-bond donors (Lipinski definition) is 2. The molecule has 1 aromatic rings. The summed E-state index contributed by atoms with van der Waals surface area (Å²) < 4.78 is 11.1. The molecular formula is C10H18N2O2Si. The van der Waals surface area contributed by atoms with E-state index >= 15 is 0 Å². The molecule has 0 aromatic heterocycles. The van der Waals surface area contributed by atoms with Gasteiger partial charge in [-0.3, -0.25) is 0 Å². The van der Waals surface area contributed by atoms with Crippen LogP contribution in [-0.4, -0.2) is 28.6 Å². The number of benzene rings is 1. The highest BCUT2D eigenvalue weighted by Crippen LogP contribution is 2.14. The summed E-state index contributed by atoms with van der Waals surface area (Å²) in [5.74, 6) is 0.834. The van der Waals surface area contributed by atoms with Crippen molar-refractivity contribution >= 4 is 15.5 Å². The molecule has 0 aliphatic heterocycles. The van der Waals surface area contributed by atoms with Gasteiger partial charge in [-0.05, 0) is 31.2 Å². The van der Waals surface area contributed by atoms with Gasteiger partial charge in [-0.25, -0.2) is 0 Å². The average Bonchev–Trinajstić information content (AvgIpc) is 2.22. The van der Waals surface area contributed by atoms with Crippen LogP contribution >= 0.6 is 0 Å². The van der Waals surface area contributed by atoms with Crippen molar-refractivity contribution < 1.29 is 9.16 Å². The number of ether oxygens (including phenoxy) is 1. The number of nitrogens with two attached hydrogens (primary N) is 2. The third kappa shape index (κ3) is 4.82. The predicted octanol–water partition coefficient (Wildman–Crippen LogP) is 0.0527. The van der Waals surface area contributed by atoms with Crippen molar-refractivity contribution in [2.24, 2.45) is 5.73 Å². The molecule has 0 amide bonds. The Morgan fingerprint density at radius 3 is 2.60 bits per heavy atom. The van der Waals surface area contributed by atoms with Crippen LogP contribution in [0.5, 0.6) is 5.75 Å². The highest BCUT2D eigenvalue weighted by molar-refractivity contribution is 6.29. The molecule has 0 bridgehead atoms. The normalized spacial score (nSPS) is 13.2. The van der Waals surface area contributed by atoms with E-state index in [0.29, 0.717) is 13.2 Å². The molecule has 5 heteroatoms. The molecular weight excluding hydrogens is 208 g/mol. The second-order valence-electron chi connectivity index (χ2n) is 3.36. The summed E-state index contributed by atoms with van der Waals surface area (Å²) in [7, 11) is -0.662. The molecule has 1 rings (SSSR count). The van der Waals surface area contributed by atoms with E-state index in [2.05, 4.69) is 0 Å². The van der Waals surface area contributed by atoms with Crippen LogP contribution in [0, 0.1) is 0 Å². The highest BCUT2D eigenvalue weighted by Gasteiger charge is 2.04. The van der Waals surface area contributed by atoms with Crippen LogP contribution in [0.4, 0.5) is 5.69 Å². The van der Waals surface area contributed by atoms with Gasteiger partial charge in [0.05, 0.1) is 0 Å². The Kier molecular flexibility index (Phi) is 5.17. The smallest absolute Gasteiger partial charge is 0.204 e. The molecule has 0 fully saturated rings. The zero-order valence-electron chi connectivity index (χ0n) is 8.98. The summed E-state index contributed by atoms with van der Waals surface area (Å²) in [5, 5.41) is 0. The number of rotatable bonds is 6. The lowest BCUT2D eigenvalue weighted by atomic mass is 10.3. The molecule has 1 atom stereocenters. The van der Waals surface area contributed by atoms with Crippen molar-refractivity contribution in [3.8, 4) is 5.75 Å². The second kappa shape index (κ2) is 6.44. The molecule has 4 N–H and O–H groups in total. The van der Waals surface area contributed by atoms with Crippen LogP contribution in [0.25, 0.3) is 0 Å². The van der Waals surface area contributed by atoms with Crippen LogP contribution in [0.1, 0.15) is 6.92 Å². The average molecular weight is 226 g/mol. The molecule has 1 unspecified atom stereocenters. The summed E-state index contributed by atoms with van der Waals surface area (Å²) in [5.41, 5.74) is 11.8. The van der Waals surface area contributed by atoms with Crippen LogP contribution < -0.4 is 16.2 Å². The van der Waals surface area contributed by atoms with Crippen molar-refractivity contribution in [2.45, 2.75) is 12.7 Å². The lowest BCUT2D eigenvalue weighted by Crippen LogP contribution is -2.24. The molecule has 0 aliphatic rings. The Hall–Kier alpha value is -1.04. The monoisotopic (exact) mass is 226 g/mol. The summed E-state index contributed by atoms with van der Waals surface area (Å²) in [6.45, 7) is 3.21. The Bertz CT molecular complexity index is 279. The van der Waals surface area contributed by atoms with Gasteiger partial charge >= 0.3 is 0 Å². The van der Waals surface area contributed by atoms with Crippen molar-refractivity contribution in [1.82, 2.24) is 0 Å². The second-order valence-corrected chi connectivity index (χ2v) is 5.25. The number of anilines is 1. The summed E-state index contributed by atoms with van der Waals surface area (Å²) >= 11 is 0. The van der Waals surface area contributed by atoms with E-state index in [1.54, 1.807) is 0 Å². The van der Waals surface area contributed by atoms with Gasteiger partial charge in [0.15, 0.2) is 0 Å². The molecule has 0 radical (unpaired) electrons. The van der Waals surface area contributed by atoms with Gasteiger partial charge in [0.1, 0.15) is 11.5 Å². The Morgan fingerprint density at radius 2 is 2.00 bits per heavy atom. The number of nitrogen functional groups attached to an aromatic ring is 1. The van der Waals surface area contributed by atoms with Gasteiger partial charge in [0.25, 0.3) is 0 Å². The van der Waals surface area contributed by atoms with Crippen LogP contribution in [-0.2, 0) is 4.43 Å². The van der Waals surface area contributed by atoms with Gasteiger partial charge in [-0.15, -0.1) is 0 Å². The molecule has 0 spiro atoms. The fourth-order valence-corrected chi connectivity index (χ4v) is 2.07. The van der Waals surface area contributed by atoms with Crippen LogP contribution in [0.2, 0.25) is 0 Å². The van der Waals surface area contributed by atoms with E-state index in [1.165, 1.54) is 0 Å². The standard InChI is InChI=1S/C10H18N2O2Si/c1-8(15-13-7-6-11)14-10-4-2-9(12)3-5-10/h2-5,8H,6-7,11-12,15H2,1H3. The fraction of sp³-hybridized carbons (Fsp3) is 0.400.